The van der Waals surface area contributed by atoms with E-state index in [2.05, 4.69) is 26.0 Å². The molecule has 0 aliphatic heterocycles. The third-order valence-electron chi connectivity index (χ3n) is 4.57. The van der Waals surface area contributed by atoms with Gasteiger partial charge in [-0.2, -0.15) is 0 Å². The second kappa shape index (κ2) is 9.92. The number of aromatic hydroxyl groups is 1. The van der Waals surface area contributed by atoms with Crippen LogP contribution in [0, 0.1) is 5.82 Å². The van der Waals surface area contributed by atoms with E-state index in [0.29, 0.717) is 22.1 Å². The highest BCUT2D eigenvalue weighted by Gasteiger charge is 2.16. The van der Waals surface area contributed by atoms with Crippen LogP contribution in [0.3, 0.4) is 0 Å². The number of benzene rings is 2. The number of hydrazine groups is 1. The van der Waals surface area contributed by atoms with Crippen LogP contribution >= 0.6 is 11.6 Å². The van der Waals surface area contributed by atoms with E-state index in [0.717, 1.165) is 12.1 Å². The summed E-state index contributed by atoms with van der Waals surface area (Å²) < 4.78 is 15.0. The quantitative estimate of drug-likeness (QED) is 0.299. The van der Waals surface area contributed by atoms with E-state index in [-0.39, 0.29) is 17.3 Å². The summed E-state index contributed by atoms with van der Waals surface area (Å²) in [4.78, 5) is 27.9. The highest BCUT2D eigenvalue weighted by Crippen LogP contribution is 2.28. The van der Waals surface area contributed by atoms with Crippen molar-refractivity contribution >= 4 is 29.5 Å². The van der Waals surface area contributed by atoms with Crippen LogP contribution in [0.15, 0.2) is 72.9 Å². The van der Waals surface area contributed by atoms with Crippen molar-refractivity contribution in [3.63, 3.8) is 0 Å². The van der Waals surface area contributed by atoms with Crippen molar-refractivity contribution in [2.24, 2.45) is 0 Å². The highest BCUT2D eigenvalue weighted by atomic mass is 35.5. The first-order valence-corrected chi connectivity index (χ1v) is 10.2. The second-order valence-electron chi connectivity index (χ2n) is 6.85. The SMILES string of the molecule is O=C(/C=C/c1nnc(-c2ccc(F)cc2)n1-c1ccccc1Cl)NNC(=O)c1ccnc(O)c1. The van der Waals surface area contributed by atoms with Crippen LogP contribution in [0.4, 0.5) is 4.39 Å². The molecule has 0 atom stereocenters. The number of rotatable bonds is 5. The third-order valence-corrected chi connectivity index (χ3v) is 4.89. The van der Waals surface area contributed by atoms with E-state index in [1.165, 1.54) is 30.5 Å². The van der Waals surface area contributed by atoms with Crippen LogP contribution in [0.2, 0.25) is 5.02 Å². The number of carbonyl (C=O) groups is 2. The Balaban J connectivity index is 1.57. The molecule has 2 aromatic carbocycles. The van der Waals surface area contributed by atoms with Gasteiger partial charge in [0.25, 0.3) is 11.8 Å². The minimum absolute atomic E-state index is 0.110. The molecule has 2 heterocycles. The van der Waals surface area contributed by atoms with Crippen LogP contribution in [-0.2, 0) is 4.79 Å². The van der Waals surface area contributed by atoms with Gasteiger partial charge in [-0.05, 0) is 48.5 Å². The van der Waals surface area contributed by atoms with Gasteiger partial charge in [0.1, 0.15) is 5.82 Å². The average molecular weight is 479 g/mol. The van der Waals surface area contributed by atoms with Crippen molar-refractivity contribution in [1.29, 1.82) is 0 Å². The van der Waals surface area contributed by atoms with Crippen LogP contribution in [0.25, 0.3) is 23.2 Å². The normalized spacial score (nSPS) is 10.9. The number of amides is 2. The minimum Gasteiger partial charge on any atom is -0.493 e. The Hall–Kier alpha value is -4.57. The monoisotopic (exact) mass is 478 g/mol. The Morgan fingerprint density at radius 1 is 1.03 bits per heavy atom. The van der Waals surface area contributed by atoms with E-state index < -0.39 is 17.6 Å². The van der Waals surface area contributed by atoms with Crippen molar-refractivity contribution < 1.29 is 19.1 Å². The fourth-order valence-electron chi connectivity index (χ4n) is 3.00. The van der Waals surface area contributed by atoms with Gasteiger partial charge in [-0.3, -0.25) is 25.0 Å². The van der Waals surface area contributed by atoms with Crippen LogP contribution in [0.5, 0.6) is 5.88 Å². The summed E-state index contributed by atoms with van der Waals surface area (Å²) in [5, 5.41) is 18.1. The predicted molar refractivity (Wildman–Crippen MR) is 122 cm³/mol. The van der Waals surface area contributed by atoms with E-state index in [9.17, 15) is 19.1 Å². The lowest BCUT2D eigenvalue weighted by molar-refractivity contribution is -0.117. The number of halogens is 2. The fraction of sp³-hybridized carbons (Fsp3) is 0. The number of nitrogens with zero attached hydrogens (tertiary/aromatic N) is 4. The first kappa shape index (κ1) is 22.6. The molecule has 2 amide bonds. The van der Waals surface area contributed by atoms with Gasteiger partial charge < -0.3 is 5.11 Å². The summed E-state index contributed by atoms with van der Waals surface area (Å²) in [5.41, 5.74) is 5.71. The largest absolute Gasteiger partial charge is 0.493 e. The van der Waals surface area contributed by atoms with Gasteiger partial charge in [0.2, 0.25) is 5.88 Å². The molecule has 4 aromatic rings. The number of hydrogen-bond acceptors (Lipinski definition) is 6. The van der Waals surface area contributed by atoms with Gasteiger partial charge >= 0.3 is 0 Å². The number of pyridine rings is 1. The second-order valence-corrected chi connectivity index (χ2v) is 7.26. The standard InChI is InChI=1S/C23H16ClFN6O3/c24-17-3-1-2-4-18(17)31-19(27-29-22(31)14-5-7-16(25)8-6-14)9-10-20(32)28-30-23(34)15-11-12-26-21(33)13-15/h1-13H,(H,26,33)(H,28,32)(H,30,34)/b10-9+. The van der Waals surface area contributed by atoms with Gasteiger partial charge in [0.05, 0.1) is 10.7 Å². The summed E-state index contributed by atoms with van der Waals surface area (Å²) in [6.07, 6.45) is 3.80. The van der Waals surface area contributed by atoms with Crippen molar-refractivity contribution in [1.82, 2.24) is 30.6 Å². The van der Waals surface area contributed by atoms with E-state index in [1.54, 1.807) is 41.0 Å². The molecule has 0 radical (unpaired) electrons. The van der Waals surface area contributed by atoms with Crippen molar-refractivity contribution in [3.8, 4) is 23.0 Å². The Morgan fingerprint density at radius 3 is 2.53 bits per heavy atom. The number of para-hydroxylation sites is 1. The fourth-order valence-corrected chi connectivity index (χ4v) is 3.22. The summed E-state index contributed by atoms with van der Waals surface area (Å²) in [6, 6.07) is 15.2. The summed E-state index contributed by atoms with van der Waals surface area (Å²) in [6.45, 7) is 0. The maximum atomic E-state index is 13.4. The first-order chi connectivity index (χ1) is 16.4. The number of aromatic nitrogens is 4. The lowest BCUT2D eigenvalue weighted by Crippen LogP contribution is -2.40. The van der Waals surface area contributed by atoms with Gasteiger partial charge in [-0.15, -0.1) is 10.2 Å². The molecule has 3 N–H and O–H groups in total. The molecule has 0 bridgehead atoms. The summed E-state index contributed by atoms with van der Waals surface area (Å²) >= 11 is 6.38. The van der Waals surface area contributed by atoms with Gasteiger partial charge in [0, 0.05) is 29.5 Å². The summed E-state index contributed by atoms with van der Waals surface area (Å²) in [5.74, 6) is -1.35. The van der Waals surface area contributed by atoms with Crippen molar-refractivity contribution in [2.75, 3.05) is 0 Å². The third kappa shape index (κ3) is 5.08. The van der Waals surface area contributed by atoms with Crippen molar-refractivity contribution in [2.45, 2.75) is 0 Å². The molecular formula is C23H16ClFN6O3. The molecular weight excluding hydrogens is 463 g/mol. The molecule has 0 aliphatic rings. The molecule has 0 aliphatic carbocycles. The molecule has 4 rings (SSSR count). The van der Waals surface area contributed by atoms with Crippen molar-refractivity contribution in [3.05, 3.63) is 95.2 Å². The van der Waals surface area contributed by atoms with Gasteiger partial charge in [0.15, 0.2) is 11.6 Å². The number of carbonyl (C=O) groups excluding carboxylic acids is 2. The maximum Gasteiger partial charge on any atom is 0.269 e. The molecule has 9 nitrogen and oxygen atoms in total. The zero-order valence-corrected chi connectivity index (χ0v) is 18.1. The Labute approximate surface area is 197 Å². The zero-order chi connectivity index (χ0) is 24.1. The maximum absolute atomic E-state index is 13.4. The van der Waals surface area contributed by atoms with E-state index >= 15 is 0 Å². The smallest absolute Gasteiger partial charge is 0.269 e. The molecule has 11 heteroatoms. The molecule has 2 aromatic heterocycles. The Morgan fingerprint density at radius 2 is 1.79 bits per heavy atom. The lowest BCUT2D eigenvalue weighted by atomic mass is 10.2. The van der Waals surface area contributed by atoms with Gasteiger partial charge in [-0.1, -0.05) is 23.7 Å². The average Bonchev–Trinajstić information content (AvgIpc) is 3.25. The zero-order valence-electron chi connectivity index (χ0n) is 17.3. The molecule has 0 saturated heterocycles. The lowest BCUT2D eigenvalue weighted by Gasteiger charge is -2.11. The van der Waals surface area contributed by atoms with Crippen LogP contribution in [-0.4, -0.2) is 36.7 Å². The Kier molecular flexibility index (Phi) is 6.60. The van der Waals surface area contributed by atoms with Crippen LogP contribution < -0.4 is 10.9 Å². The molecule has 34 heavy (non-hydrogen) atoms. The van der Waals surface area contributed by atoms with Crippen LogP contribution in [0.1, 0.15) is 16.2 Å². The molecule has 0 saturated carbocycles. The van der Waals surface area contributed by atoms with E-state index in [1.807, 2.05) is 0 Å². The predicted octanol–water partition coefficient (Wildman–Crippen LogP) is 3.30. The highest BCUT2D eigenvalue weighted by molar-refractivity contribution is 6.32. The van der Waals surface area contributed by atoms with Gasteiger partial charge in [-0.25, -0.2) is 9.37 Å². The molecule has 170 valence electrons. The molecule has 0 fully saturated rings. The number of nitrogens with one attached hydrogen (secondary N) is 2. The first-order valence-electron chi connectivity index (χ1n) is 9.82. The minimum atomic E-state index is -0.649. The molecule has 0 unspecified atom stereocenters. The van der Waals surface area contributed by atoms with E-state index in [4.69, 9.17) is 11.6 Å². The topological polar surface area (TPSA) is 122 Å². The summed E-state index contributed by atoms with van der Waals surface area (Å²) in [7, 11) is 0. The number of hydrogen-bond donors (Lipinski definition) is 3. The molecule has 0 spiro atoms. The Bertz CT molecular complexity index is 1390.